The van der Waals surface area contributed by atoms with E-state index in [-0.39, 0.29) is 17.5 Å². The van der Waals surface area contributed by atoms with Gasteiger partial charge in [0.05, 0.1) is 11.4 Å². The average molecular weight is 1090 g/mol. The highest BCUT2D eigenvalue weighted by Gasteiger charge is 2.45. The smallest absolute Gasteiger partial charge is 0.252 e. The summed E-state index contributed by atoms with van der Waals surface area (Å²) in [6.45, 7) is 13.9. The second kappa shape index (κ2) is 20.4. The zero-order valence-corrected chi connectivity index (χ0v) is 49.1. The Hall–Kier alpha value is -9.96. The molecule has 0 N–H and O–H groups in total. The third kappa shape index (κ3) is 9.05. The number of benzene rings is 13. The van der Waals surface area contributed by atoms with Crippen LogP contribution in [0.1, 0.15) is 52.7 Å². The predicted molar refractivity (Wildman–Crippen MR) is 365 cm³/mol. The van der Waals surface area contributed by atoms with Crippen LogP contribution in [-0.4, -0.2) is 6.71 Å². The molecule has 0 saturated carbocycles. The number of rotatable bonds is 8. The molecule has 2 heterocycles. The summed E-state index contributed by atoms with van der Waals surface area (Å²) in [5.41, 5.74) is 27.2. The van der Waals surface area contributed by atoms with Gasteiger partial charge in [-0.05, 0) is 171 Å². The van der Waals surface area contributed by atoms with Crippen LogP contribution in [0, 0.1) is 0 Å². The molecule has 0 unspecified atom stereocenters. The molecule has 0 saturated heterocycles. The standard InChI is InChI=1S/C82H65BN2/c1-81(2,3)66-50-68(55-27-14-8-15-28-55)79(69(51-66)56-29-16-9-17-30-56)84-74-37-24-38-75-78(74)83(72-43-41-63(48-76(72)84)54-25-12-7-13-26-54)73-44-42-64(61-39-40-62-45-59-35-22-23-36-60(59)46-65(62)47-61)49-77(73)85(75)80-70(57-31-18-10-19-32-57)52-67(82(4,5)6)53-71(80)58-33-20-11-21-34-58/h7-53H,1-6H3. The van der Waals surface area contributed by atoms with Gasteiger partial charge in [-0.25, -0.2) is 0 Å². The first kappa shape index (κ1) is 51.9. The van der Waals surface area contributed by atoms with Gasteiger partial charge in [-0.3, -0.25) is 0 Å². The van der Waals surface area contributed by atoms with Gasteiger partial charge >= 0.3 is 0 Å². The SMILES string of the molecule is CC(C)(C)c1cc(-c2ccccc2)c(N2c3cc(-c4ccccc4)ccc3B3c4ccc(-c5ccc6cc7ccccc7cc6c5)cc4N(c4c(-c5ccccc5)cc(C(C)(C)C)cc4-c4ccccc4)c4cccc2c43)c(-c2ccccc2)c1. The highest BCUT2D eigenvalue weighted by Crippen LogP contribution is 2.54. The van der Waals surface area contributed by atoms with Crippen molar-refractivity contribution in [2.45, 2.75) is 52.4 Å². The van der Waals surface area contributed by atoms with E-state index in [0.717, 1.165) is 22.7 Å². The molecule has 2 aliphatic heterocycles. The molecular formula is C82H65BN2. The van der Waals surface area contributed by atoms with Crippen LogP contribution in [0.25, 0.3) is 88.3 Å². The highest BCUT2D eigenvalue weighted by molar-refractivity contribution is 7.00. The summed E-state index contributed by atoms with van der Waals surface area (Å²) in [6.07, 6.45) is 0. The Morgan fingerprint density at radius 3 is 0.976 bits per heavy atom. The molecule has 406 valence electrons. The van der Waals surface area contributed by atoms with Crippen LogP contribution in [0.15, 0.2) is 285 Å². The van der Waals surface area contributed by atoms with E-state index >= 15 is 0 Å². The maximum Gasteiger partial charge on any atom is 0.252 e. The first-order valence-corrected chi connectivity index (χ1v) is 30.0. The molecule has 15 rings (SSSR count). The number of hydrogen-bond donors (Lipinski definition) is 0. The Labute approximate surface area is 501 Å². The van der Waals surface area contributed by atoms with Crippen molar-refractivity contribution < 1.29 is 0 Å². The van der Waals surface area contributed by atoms with E-state index in [4.69, 9.17) is 0 Å². The fraction of sp³-hybridized carbons (Fsp3) is 0.0976. The maximum atomic E-state index is 2.67. The van der Waals surface area contributed by atoms with Gasteiger partial charge in [0.1, 0.15) is 0 Å². The first-order valence-electron chi connectivity index (χ1n) is 30.0. The van der Waals surface area contributed by atoms with Crippen LogP contribution < -0.4 is 26.2 Å². The lowest BCUT2D eigenvalue weighted by Crippen LogP contribution is -2.61. The Kier molecular flexibility index (Phi) is 12.5. The summed E-state index contributed by atoms with van der Waals surface area (Å²) in [5.74, 6) is 0. The highest BCUT2D eigenvalue weighted by atomic mass is 15.2. The van der Waals surface area contributed by atoms with Gasteiger partial charge in [0.15, 0.2) is 0 Å². The van der Waals surface area contributed by atoms with E-state index in [0.29, 0.717) is 0 Å². The van der Waals surface area contributed by atoms with E-state index in [2.05, 4.69) is 336 Å². The minimum absolute atomic E-state index is 0.131. The van der Waals surface area contributed by atoms with Gasteiger partial charge in [0.25, 0.3) is 6.71 Å². The summed E-state index contributed by atoms with van der Waals surface area (Å²) < 4.78 is 0. The molecular weight excluding hydrogens is 1020 g/mol. The fourth-order valence-corrected chi connectivity index (χ4v) is 13.5. The molecule has 0 aliphatic carbocycles. The lowest BCUT2D eigenvalue weighted by Gasteiger charge is -2.46. The molecule has 0 aromatic heterocycles. The molecule has 0 atom stereocenters. The van der Waals surface area contributed by atoms with E-state index in [1.165, 1.54) is 127 Å². The third-order valence-electron chi connectivity index (χ3n) is 17.9. The van der Waals surface area contributed by atoms with Crippen LogP contribution in [-0.2, 0) is 10.8 Å². The van der Waals surface area contributed by atoms with Crippen LogP contribution in [0.5, 0.6) is 0 Å². The monoisotopic (exact) mass is 1090 g/mol. The summed E-state index contributed by atoms with van der Waals surface area (Å²) in [4.78, 5) is 5.32. The van der Waals surface area contributed by atoms with Crippen LogP contribution >= 0.6 is 0 Å². The van der Waals surface area contributed by atoms with E-state index in [9.17, 15) is 0 Å². The van der Waals surface area contributed by atoms with E-state index < -0.39 is 0 Å². The van der Waals surface area contributed by atoms with Gasteiger partial charge in [-0.15, -0.1) is 0 Å². The number of nitrogens with zero attached hydrogens (tertiary/aromatic N) is 2. The zero-order chi connectivity index (χ0) is 57.6. The molecule has 0 fully saturated rings. The minimum Gasteiger partial charge on any atom is -0.310 e. The van der Waals surface area contributed by atoms with Crippen molar-refractivity contribution in [2.24, 2.45) is 0 Å². The minimum atomic E-state index is -0.144. The van der Waals surface area contributed by atoms with Crippen LogP contribution in [0.4, 0.5) is 34.1 Å². The molecule has 2 aliphatic rings. The maximum absolute atomic E-state index is 2.67. The molecule has 0 spiro atoms. The summed E-state index contributed by atoms with van der Waals surface area (Å²) in [7, 11) is 0. The Balaban J connectivity index is 1.08. The largest absolute Gasteiger partial charge is 0.310 e. The molecule has 0 radical (unpaired) electrons. The van der Waals surface area contributed by atoms with E-state index in [1.54, 1.807) is 0 Å². The lowest BCUT2D eigenvalue weighted by molar-refractivity contribution is 0.590. The van der Waals surface area contributed by atoms with Crippen LogP contribution in [0.2, 0.25) is 0 Å². The second-order valence-corrected chi connectivity index (χ2v) is 25.3. The molecule has 2 nitrogen and oxygen atoms in total. The second-order valence-electron chi connectivity index (χ2n) is 25.3. The van der Waals surface area contributed by atoms with E-state index in [1.807, 2.05) is 0 Å². The van der Waals surface area contributed by atoms with Gasteiger partial charge in [0.2, 0.25) is 0 Å². The van der Waals surface area contributed by atoms with Gasteiger partial charge in [-0.1, -0.05) is 260 Å². The fourth-order valence-electron chi connectivity index (χ4n) is 13.5. The van der Waals surface area contributed by atoms with Crippen molar-refractivity contribution in [3.63, 3.8) is 0 Å². The first-order chi connectivity index (χ1) is 41.4. The molecule has 3 heteroatoms. The van der Waals surface area contributed by atoms with Gasteiger partial charge < -0.3 is 9.80 Å². The molecule has 13 aromatic rings. The van der Waals surface area contributed by atoms with Crippen molar-refractivity contribution >= 4 is 78.8 Å². The van der Waals surface area contributed by atoms with Gasteiger partial charge in [-0.2, -0.15) is 0 Å². The Bertz CT molecular complexity index is 4590. The van der Waals surface area contributed by atoms with Crippen molar-refractivity contribution in [1.82, 2.24) is 0 Å². The summed E-state index contributed by atoms with van der Waals surface area (Å²) >= 11 is 0. The third-order valence-corrected chi connectivity index (χ3v) is 17.9. The molecule has 85 heavy (non-hydrogen) atoms. The lowest BCUT2D eigenvalue weighted by atomic mass is 9.33. The summed E-state index contributed by atoms with van der Waals surface area (Å²) in [5, 5.41) is 4.96. The number of hydrogen-bond acceptors (Lipinski definition) is 2. The average Bonchev–Trinajstić information content (AvgIpc) is 0.737. The quantitative estimate of drug-likeness (QED) is 0.111. The normalized spacial score (nSPS) is 12.8. The van der Waals surface area contributed by atoms with Crippen molar-refractivity contribution in [1.29, 1.82) is 0 Å². The van der Waals surface area contributed by atoms with Crippen molar-refractivity contribution in [3.8, 4) is 66.8 Å². The van der Waals surface area contributed by atoms with Crippen molar-refractivity contribution in [3.05, 3.63) is 296 Å². The predicted octanol–water partition coefficient (Wildman–Crippen LogP) is 20.7. The molecule has 13 aromatic carbocycles. The Morgan fingerprint density at radius 1 is 0.247 bits per heavy atom. The van der Waals surface area contributed by atoms with Crippen molar-refractivity contribution in [2.75, 3.05) is 9.80 Å². The summed E-state index contributed by atoms with van der Waals surface area (Å²) in [6, 6.07) is 107. The number of anilines is 6. The molecule has 0 bridgehead atoms. The van der Waals surface area contributed by atoms with Crippen LogP contribution in [0.3, 0.4) is 0 Å². The molecule has 0 amide bonds. The number of fused-ring (bicyclic) bond motifs is 6. The van der Waals surface area contributed by atoms with Gasteiger partial charge in [0, 0.05) is 45.0 Å². The zero-order valence-electron chi connectivity index (χ0n) is 49.1. The topological polar surface area (TPSA) is 6.48 Å². The Morgan fingerprint density at radius 2 is 0.576 bits per heavy atom.